The Morgan fingerprint density at radius 3 is 2.17 bits per heavy atom. The number of carbonyl (C=O) groups is 1. The zero-order valence-corrected chi connectivity index (χ0v) is 10.5. The maximum atomic E-state index is 13.2. The summed E-state index contributed by atoms with van der Waals surface area (Å²) >= 11 is 0. The Balaban J connectivity index is 2.30. The van der Waals surface area contributed by atoms with E-state index in [1.54, 1.807) is 13.8 Å². The minimum Gasteiger partial charge on any atom is -0.294 e. The fraction of sp³-hybridized carbons (Fsp3) is 0.188. The highest BCUT2D eigenvalue weighted by Crippen LogP contribution is 2.18. The molecule has 0 unspecified atom stereocenters. The summed E-state index contributed by atoms with van der Waals surface area (Å²) in [6.07, 6.45) is 0.355. The van der Waals surface area contributed by atoms with Crippen LogP contribution in [0.2, 0.25) is 0 Å². The summed E-state index contributed by atoms with van der Waals surface area (Å²) in [4.78, 5) is 12.2. The average molecular weight is 242 g/mol. The predicted molar refractivity (Wildman–Crippen MR) is 70.4 cm³/mol. The molecule has 2 aromatic rings. The number of ketones is 1. The number of benzene rings is 2. The van der Waals surface area contributed by atoms with Crippen LogP contribution in [0.15, 0.2) is 42.5 Å². The van der Waals surface area contributed by atoms with E-state index in [9.17, 15) is 9.18 Å². The second kappa shape index (κ2) is 5.13. The van der Waals surface area contributed by atoms with Gasteiger partial charge in [0, 0.05) is 12.0 Å². The first-order valence-corrected chi connectivity index (χ1v) is 5.92. The molecule has 0 saturated carbocycles. The Hall–Kier alpha value is -1.96. The lowest BCUT2D eigenvalue weighted by Gasteiger charge is -2.09. The van der Waals surface area contributed by atoms with Gasteiger partial charge in [0.1, 0.15) is 5.82 Å². The van der Waals surface area contributed by atoms with Crippen molar-refractivity contribution in [2.75, 3.05) is 0 Å². The quantitative estimate of drug-likeness (QED) is 0.747. The minimum absolute atomic E-state index is 0.0381. The summed E-state index contributed by atoms with van der Waals surface area (Å²) in [5, 5.41) is 0. The van der Waals surface area contributed by atoms with Crippen molar-refractivity contribution in [2.45, 2.75) is 20.3 Å². The van der Waals surface area contributed by atoms with Gasteiger partial charge < -0.3 is 0 Å². The molecule has 2 heteroatoms. The molecule has 0 fully saturated rings. The molecule has 2 rings (SSSR count). The second-order valence-electron chi connectivity index (χ2n) is 4.50. The van der Waals surface area contributed by atoms with Crippen molar-refractivity contribution in [1.82, 2.24) is 0 Å². The molecular weight excluding hydrogens is 227 g/mol. The lowest BCUT2D eigenvalue weighted by atomic mass is 9.95. The second-order valence-corrected chi connectivity index (χ2v) is 4.50. The van der Waals surface area contributed by atoms with Crippen LogP contribution in [0.4, 0.5) is 4.39 Å². The van der Waals surface area contributed by atoms with E-state index >= 15 is 0 Å². The molecule has 0 aliphatic heterocycles. The van der Waals surface area contributed by atoms with Gasteiger partial charge in [0.2, 0.25) is 0 Å². The topological polar surface area (TPSA) is 17.1 Å². The van der Waals surface area contributed by atoms with Crippen molar-refractivity contribution in [3.63, 3.8) is 0 Å². The van der Waals surface area contributed by atoms with Gasteiger partial charge in [0.15, 0.2) is 5.78 Å². The molecule has 0 aliphatic rings. The number of aryl methyl sites for hydroxylation is 2. The van der Waals surface area contributed by atoms with E-state index in [0.29, 0.717) is 23.1 Å². The van der Waals surface area contributed by atoms with Crippen LogP contribution in [-0.4, -0.2) is 5.78 Å². The Morgan fingerprint density at radius 1 is 1.06 bits per heavy atom. The molecule has 0 saturated heterocycles. The molecule has 0 N–H and O–H groups in total. The number of Topliss-reactive ketones (excluding diaryl/α,β-unsaturated/α-hetero) is 1. The monoisotopic (exact) mass is 242 g/mol. The van der Waals surface area contributed by atoms with Gasteiger partial charge >= 0.3 is 0 Å². The van der Waals surface area contributed by atoms with Crippen LogP contribution in [0.1, 0.15) is 27.0 Å². The van der Waals surface area contributed by atoms with E-state index in [1.165, 1.54) is 12.1 Å². The van der Waals surface area contributed by atoms with E-state index < -0.39 is 0 Å². The van der Waals surface area contributed by atoms with Gasteiger partial charge in [-0.15, -0.1) is 0 Å². The fourth-order valence-electron chi connectivity index (χ4n) is 2.22. The first kappa shape index (κ1) is 12.5. The van der Waals surface area contributed by atoms with E-state index in [1.807, 2.05) is 30.3 Å². The summed E-state index contributed by atoms with van der Waals surface area (Å²) in [6, 6.07) is 12.4. The molecule has 0 heterocycles. The van der Waals surface area contributed by atoms with Gasteiger partial charge in [-0.3, -0.25) is 4.79 Å². The largest absolute Gasteiger partial charge is 0.294 e. The van der Waals surface area contributed by atoms with Crippen molar-refractivity contribution in [3.05, 3.63) is 70.5 Å². The third-order valence-corrected chi connectivity index (χ3v) is 2.98. The molecule has 0 aromatic heterocycles. The summed E-state index contributed by atoms with van der Waals surface area (Å²) in [5.41, 5.74) is 3.02. The number of hydrogen-bond acceptors (Lipinski definition) is 1. The van der Waals surface area contributed by atoms with Crippen LogP contribution < -0.4 is 0 Å². The zero-order valence-electron chi connectivity index (χ0n) is 10.5. The van der Waals surface area contributed by atoms with Gasteiger partial charge in [0.25, 0.3) is 0 Å². The molecule has 1 nitrogen and oxygen atoms in total. The zero-order chi connectivity index (χ0) is 13.1. The average Bonchev–Trinajstić information content (AvgIpc) is 2.28. The third-order valence-electron chi connectivity index (χ3n) is 2.98. The summed E-state index contributed by atoms with van der Waals surface area (Å²) in [6.45, 7) is 3.54. The van der Waals surface area contributed by atoms with Gasteiger partial charge in [-0.1, -0.05) is 30.3 Å². The van der Waals surface area contributed by atoms with Crippen LogP contribution in [-0.2, 0) is 6.42 Å². The standard InChI is InChI=1S/C16H15FO/c1-11-8-14(17)9-12(2)16(11)15(18)10-13-6-4-3-5-7-13/h3-9H,10H2,1-2H3. The first-order chi connectivity index (χ1) is 8.58. The smallest absolute Gasteiger partial charge is 0.167 e. The Morgan fingerprint density at radius 2 is 1.61 bits per heavy atom. The summed E-state index contributed by atoms with van der Waals surface area (Å²) < 4.78 is 13.2. The highest BCUT2D eigenvalue weighted by molar-refractivity contribution is 6.00. The normalized spacial score (nSPS) is 10.4. The Labute approximate surface area is 106 Å². The number of carbonyl (C=O) groups excluding carboxylic acids is 1. The maximum Gasteiger partial charge on any atom is 0.167 e. The van der Waals surface area contributed by atoms with Crippen molar-refractivity contribution in [3.8, 4) is 0 Å². The van der Waals surface area contributed by atoms with Crippen LogP contribution in [0.3, 0.4) is 0 Å². The van der Waals surface area contributed by atoms with Crippen molar-refractivity contribution < 1.29 is 9.18 Å². The molecule has 0 aliphatic carbocycles. The predicted octanol–water partition coefficient (Wildman–Crippen LogP) is 3.87. The first-order valence-electron chi connectivity index (χ1n) is 5.92. The lowest BCUT2D eigenvalue weighted by Crippen LogP contribution is -2.08. The molecule has 0 bridgehead atoms. The number of rotatable bonds is 3. The minimum atomic E-state index is -0.290. The van der Waals surface area contributed by atoms with Gasteiger partial charge in [-0.2, -0.15) is 0 Å². The molecule has 0 amide bonds. The van der Waals surface area contributed by atoms with Crippen LogP contribution in [0.5, 0.6) is 0 Å². The molecule has 92 valence electrons. The van der Waals surface area contributed by atoms with Crippen LogP contribution >= 0.6 is 0 Å². The number of hydrogen-bond donors (Lipinski definition) is 0. The van der Waals surface area contributed by atoms with Gasteiger partial charge in [-0.05, 0) is 42.7 Å². The highest BCUT2D eigenvalue weighted by Gasteiger charge is 2.13. The summed E-state index contributed by atoms with van der Waals surface area (Å²) in [7, 11) is 0. The number of halogens is 1. The molecule has 0 atom stereocenters. The van der Waals surface area contributed by atoms with Crippen molar-refractivity contribution in [1.29, 1.82) is 0 Å². The fourth-order valence-corrected chi connectivity index (χ4v) is 2.22. The summed E-state index contributed by atoms with van der Waals surface area (Å²) in [5.74, 6) is -0.252. The van der Waals surface area contributed by atoms with E-state index in [-0.39, 0.29) is 11.6 Å². The lowest BCUT2D eigenvalue weighted by molar-refractivity contribution is 0.0992. The molecule has 2 aromatic carbocycles. The third kappa shape index (κ3) is 2.65. The van der Waals surface area contributed by atoms with Crippen LogP contribution in [0.25, 0.3) is 0 Å². The van der Waals surface area contributed by atoms with E-state index in [2.05, 4.69) is 0 Å². The molecule has 18 heavy (non-hydrogen) atoms. The Bertz CT molecular complexity index is 550. The van der Waals surface area contributed by atoms with E-state index in [0.717, 1.165) is 5.56 Å². The molecule has 0 spiro atoms. The van der Waals surface area contributed by atoms with Crippen molar-refractivity contribution in [2.24, 2.45) is 0 Å². The highest BCUT2D eigenvalue weighted by atomic mass is 19.1. The maximum absolute atomic E-state index is 13.2. The SMILES string of the molecule is Cc1cc(F)cc(C)c1C(=O)Cc1ccccc1. The Kier molecular flexibility index (Phi) is 3.56. The molecular formula is C16H15FO. The van der Waals surface area contributed by atoms with Crippen LogP contribution in [0, 0.1) is 19.7 Å². The van der Waals surface area contributed by atoms with Crippen molar-refractivity contribution >= 4 is 5.78 Å². The van der Waals surface area contributed by atoms with Gasteiger partial charge in [0.05, 0.1) is 0 Å². The van der Waals surface area contributed by atoms with Gasteiger partial charge in [-0.25, -0.2) is 4.39 Å². The van der Waals surface area contributed by atoms with E-state index in [4.69, 9.17) is 0 Å². The molecule has 0 radical (unpaired) electrons.